The van der Waals surface area contributed by atoms with E-state index >= 15 is 0 Å². The van der Waals surface area contributed by atoms with Crippen molar-refractivity contribution < 1.29 is 16.4 Å². The third-order valence-electron chi connectivity index (χ3n) is 25.6. The van der Waals surface area contributed by atoms with E-state index in [2.05, 4.69) is 285 Å². The van der Waals surface area contributed by atoms with Crippen molar-refractivity contribution in [2.75, 3.05) is 9.80 Å². The van der Waals surface area contributed by atoms with Crippen molar-refractivity contribution in [3.8, 4) is 100 Å². The van der Waals surface area contributed by atoms with Gasteiger partial charge in [-0.3, -0.25) is 0 Å². The van der Waals surface area contributed by atoms with E-state index < -0.39 is 33.8 Å². The van der Waals surface area contributed by atoms with Crippen molar-refractivity contribution in [2.45, 2.75) is 131 Å². The first-order valence-corrected chi connectivity index (χ1v) is 44.3. The molecule has 5 heteroatoms. The van der Waals surface area contributed by atoms with Crippen molar-refractivity contribution in [1.82, 2.24) is 9.13 Å². The molecular weight excluding hydrogens is 1530 g/mol. The van der Waals surface area contributed by atoms with E-state index in [1.165, 1.54) is 0 Å². The number of aromatic nitrogens is 2. The molecule has 0 spiro atoms. The SMILES string of the molecule is [2H]c1c(C(C)(C)C)c([2H])c2c3c([2H])c(C(C)(C)C)c([2H])c([2H])c3n(-c3ccc4c(c3)N(c3c(-c5ccccc5)cc(-c5ccccc5)cc3-c3ccccc3)c3cc(-c5ccccc5)cc5c3B4c3ccc(-n4c6c([2H])c([2H])c(C(C)(C)C)c([2H])c6c6c([2H])c(C(C)(C)C)c([2H])c([2H])c64)cc3N5c3c(-c4cccc(-c5ccccc5)c4)cc(C(C)(C)C)cc3-c3cccc(-c4ccccc4)c3)c2c1[2H]. The van der Waals surface area contributed by atoms with Crippen LogP contribution in [0, 0.1) is 0 Å². The number of rotatable bonds is 12. The van der Waals surface area contributed by atoms with E-state index in [0.717, 1.165) is 134 Å². The molecule has 0 saturated carbocycles. The Bertz CT molecular complexity index is 7980. The fourth-order valence-corrected chi connectivity index (χ4v) is 18.8. The van der Waals surface area contributed by atoms with Crippen LogP contribution in [-0.2, 0) is 27.1 Å². The van der Waals surface area contributed by atoms with Crippen molar-refractivity contribution in [3.63, 3.8) is 0 Å². The second kappa shape index (κ2) is 30.4. The molecule has 0 radical (unpaired) electrons. The summed E-state index contributed by atoms with van der Waals surface area (Å²) < 4.78 is 129. The molecule has 21 rings (SSSR count). The van der Waals surface area contributed by atoms with Crippen LogP contribution in [0.25, 0.3) is 144 Å². The van der Waals surface area contributed by atoms with Crippen LogP contribution in [0.15, 0.2) is 376 Å². The minimum absolute atomic E-state index is 0.0238. The molecule has 17 aromatic carbocycles. The summed E-state index contributed by atoms with van der Waals surface area (Å²) in [5.74, 6) is 0. The molecule has 127 heavy (non-hydrogen) atoms. The van der Waals surface area contributed by atoms with E-state index in [9.17, 15) is 16.4 Å². The summed E-state index contributed by atoms with van der Waals surface area (Å²) in [6.07, 6.45) is 0. The van der Waals surface area contributed by atoms with E-state index in [1.54, 1.807) is 4.57 Å². The third-order valence-corrected chi connectivity index (χ3v) is 25.6. The fraction of sp³-hybridized carbons (Fsp3) is 0.164. The molecule has 2 aromatic heterocycles. The smallest absolute Gasteiger partial charge is 0.252 e. The first-order chi connectivity index (χ1) is 66.2. The summed E-state index contributed by atoms with van der Waals surface area (Å²) in [6.45, 7) is 29.3. The zero-order chi connectivity index (χ0) is 97.8. The number of nitrogens with zero attached hydrogens (tertiary/aromatic N) is 4. The standard InChI is InChI=1S/C122H107BN4/c1-118(2,3)90-52-60-107-101(70-90)102-71-91(119(4,5)6)53-61-108(102)124(107)95-56-58-105-111(76-95)126(116-97(82-44-30-20-31-45-82)66-88(80-40-26-18-27-41-80)67-98(116)83-46-32-21-33-47-83)113-68-89(81-42-28-19-29-43-81)69-114-115(113)123(105)106-59-57-96(125-109-62-54-92(120(7,8)9)72-103(109)104-73-93(121(10,11)12)55-63-110(104)125)77-112(106)127(114)117-99(86-50-34-48-84(64-86)78-36-22-16-23-37-78)74-94(122(13,14)15)75-100(117)87-51-35-49-85(65-87)79-38-24-17-25-39-79/h16-77H,1-15H3/i52D,53D,54D,55D,60D,61D,62D,63D,70D,71D,72D,73D. The Hall–Kier alpha value is -14.0. The van der Waals surface area contributed by atoms with Gasteiger partial charge < -0.3 is 18.9 Å². The Morgan fingerprint density at radius 1 is 0.220 bits per heavy atom. The Balaban J connectivity index is 1.00. The minimum Gasteiger partial charge on any atom is -0.310 e. The first kappa shape index (κ1) is 67.4. The maximum absolute atomic E-state index is 10.7. The van der Waals surface area contributed by atoms with E-state index in [-0.39, 0.29) is 116 Å². The molecule has 0 atom stereocenters. The number of hydrogen-bond donors (Lipinski definition) is 0. The predicted molar refractivity (Wildman–Crippen MR) is 546 cm³/mol. The van der Waals surface area contributed by atoms with E-state index in [4.69, 9.17) is 0 Å². The molecule has 0 bridgehead atoms. The summed E-state index contributed by atoms with van der Waals surface area (Å²) in [4.78, 5) is 4.90. The molecule has 618 valence electrons. The number of hydrogen-bond acceptors (Lipinski definition) is 2. The van der Waals surface area contributed by atoms with Gasteiger partial charge in [0.25, 0.3) is 6.71 Å². The number of benzene rings is 17. The molecule has 2 aliphatic rings. The average molecular weight is 1650 g/mol. The van der Waals surface area contributed by atoms with Crippen LogP contribution in [-0.4, -0.2) is 15.8 Å². The molecule has 0 saturated heterocycles. The van der Waals surface area contributed by atoms with Crippen LogP contribution < -0.4 is 26.2 Å². The summed E-state index contributed by atoms with van der Waals surface area (Å²) in [5, 5.41) is 0.996. The topological polar surface area (TPSA) is 16.3 Å². The van der Waals surface area contributed by atoms with Crippen molar-refractivity contribution in [2.24, 2.45) is 0 Å². The summed E-state index contributed by atoms with van der Waals surface area (Å²) >= 11 is 0. The highest BCUT2D eigenvalue weighted by atomic mass is 15.2. The average Bonchev–Trinajstić information content (AvgIpc) is 1.13. The summed E-state index contributed by atoms with van der Waals surface area (Å²) in [6, 6.07) is 106. The van der Waals surface area contributed by atoms with Crippen molar-refractivity contribution in [1.29, 1.82) is 0 Å². The maximum Gasteiger partial charge on any atom is 0.252 e. The lowest BCUT2D eigenvalue weighted by Gasteiger charge is -2.46. The van der Waals surface area contributed by atoms with Gasteiger partial charge in [-0.25, -0.2) is 0 Å². The molecule has 0 fully saturated rings. The minimum atomic E-state index is -0.833. The van der Waals surface area contributed by atoms with Gasteiger partial charge in [-0.1, -0.05) is 359 Å². The predicted octanol–water partition coefficient (Wildman–Crippen LogP) is 31.8. The van der Waals surface area contributed by atoms with Crippen LogP contribution >= 0.6 is 0 Å². The van der Waals surface area contributed by atoms with Gasteiger partial charge in [-0.05, 0) is 259 Å². The normalized spacial score (nSPS) is 14.3. The highest BCUT2D eigenvalue weighted by Gasteiger charge is 2.47. The largest absolute Gasteiger partial charge is 0.310 e. The molecule has 0 aliphatic carbocycles. The fourth-order valence-electron chi connectivity index (χ4n) is 18.8. The van der Waals surface area contributed by atoms with Crippen molar-refractivity contribution >= 4 is 101 Å². The molecule has 0 N–H and O–H groups in total. The maximum atomic E-state index is 10.7. The molecule has 0 amide bonds. The van der Waals surface area contributed by atoms with Crippen molar-refractivity contribution in [3.05, 3.63) is 404 Å². The monoisotopic (exact) mass is 1650 g/mol. The van der Waals surface area contributed by atoms with Gasteiger partial charge >= 0.3 is 0 Å². The molecule has 2 aliphatic heterocycles. The molecular formula is C122H107BN4. The highest BCUT2D eigenvalue weighted by molar-refractivity contribution is 7.00. The Morgan fingerprint density at radius 3 is 0.795 bits per heavy atom. The van der Waals surface area contributed by atoms with Crippen LogP contribution in [0.1, 0.15) is 148 Å². The Labute approximate surface area is 766 Å². The van der Waals surface area contributed by atoms with Gasteiger partial charge in [-0.15, -0.1) is 0 Å². The summed E-state index contributed by atoms with van der Waals surface area (Å²) in [5.41, 5.74) is 22.0. The lowest BCUT2D eigenvalue weighted by atomic mass is 9.33. The van der Waals surface area contributed by atoms with Crippen LogP contribution in [0.5, 0.6) is 0 Å². The molecule has 0 unspecified atom stereocenters. The van der Waals surface area contributed by atoms with Gasteiger partial charge in [0.05, 0.1) is 49.9 Å². The van der Waals surface area contributed by atoms with E-state index in [1.807, 2.05) is 136 Å². The quantitative estimate of drug-likeness (QED) is 0.113. The van der Waals surface area contributed by atoms with Gasteiger partial charge in [0, 0.05) is 77.9 Å². The van der Waals surface area contributed by atoms with Gasteiger partial charge in [-0.2, -0.15) is 0 Å². The lowest BCUT2D eigenvalue weighted by molar-refractivity contribution is 0.590. The van der Waals surface area contributed by atoms with Gasteiger partial charge in [0.2, 0.25) is 0 Å². The molecule has 4 heterocycles. The van der Waals surface area contributed by atoms with Crippen LogP contribution in [0.2, 0.25) is 0 Å². The Morgan fingerprint density at radius 2 is 0.488 bits per heavy atom. The molecule has 19 aromatic rings. The van der Waals surface area contributed by atoms with Gasteiger partial charge in [0.1, 0.15) is 0 Å². The second-order valence-corrected chi connectivity index (χ2v) is 39.5. The van der Waals surface area contributed by atoms with Crippen LogP contribution in [0.3, 0.4) is 0 Å². The van der Waals surface area contributed by atoms with Gasteiger partial charge in [0.15, 0.2) is 0 Å². The number of fused-ring (bicyclic) bond motifs is 10. The Kier molecular flexibility index (Phi) is 16.1. The molecule has 4 nitrogen and oxygen atoms in total. The van der Waals surface area contributed by atoms with Crippen LogP contribution in [0.4, 0.5) is 34.1 Å². The zero-order valence-corrected chi connectivity index (χ0v) is 74.7. The summed E-state index contributed by atoms with van der Waals surface area (Å²) in [7, 11) is 0. The zero-order valence-electron chi connectivity index (χ0n) is 86.7. The van der Waals surface area contributed by atoms with E-state index in [0.29, 0.717) is 45.0 Å². The first-order valence-electron chi connectivity index (χ1n) is 50.3. The highest BCUT2D eigenvalue weighted by Crippen LogP contribution is 2.57. The lowest BCUT2D eigenvalue weighted by Crippen LogP contribution is -2.61. The number of anilines is 6. The second-order valence-electron chi connectivity index (χ2n) is 39.5. The third kappa shape index (κ3) is 14.1.